The molecule has 0 N–H and O–H groups in total. The third-order valence-electron chi connectivity index (χ3n) is 3.91. The minimum absolute atomic E-state index is 0.127. The minimum Gasteiger partial charge on any atom is -0.420 e. The van der Waals surface area contributed by atoms with Crippen LogP contribution >= 0.6 is 0 Å². The quantitative estimate of drug-likeness (QED) is 0.414. The first-order valence-electron chi connectivity index (χ1n) is 8.01. The van der Waals surface area contributed by atoms with Gasteiger partial charge in [0, 0.05) is 0 Å². The number of hydrogen-bond acceptors (Lipinski definition) is 4. The van der Waals surface area contributed by atoms with Crippen LogP contribution in [0.2, 0.25) is 0 Å². The number of ether oxygens (including phenoxy) is 1. The number of fused-ring (bicyclic) bond motifs is 1. The van der Waals surface area contributed by atoms with Crippen molar-refractivity contribution < 1.29 is 13.9 Å². The fourth-order valence-corrected chi connectivity index (χ4v) is 2.62. The second-order valence-electron chi connectivity index (χ2n) is 5.82. The lowest BCUT2D eigenvalue weighted by molar-refractivity contribution is 0.0729. The summed E-state index contributed by atoms with van der Waals surface area (Å²) in [5.41, 5.74) is 2.77. The summed E-state index contributed by atoms with van der Waals surface area (Å²) in [7, 11) is 0. The molecule has 0 atom stereocenters. The highest BCUT2D eigenvalue weighted by atomic mass is 19.1. The van der Waals surface area contributed by atoms with Crippen LogP contribution in [0.5, 0.6) is 5.75 Å². The third kappa shape index (κ3) is 2.93. The third-order valence-corrected chi connectivity index (χ3v) is 3.91. The molecule has 0 aliphatic carbocycles. The van der Waals surface area contributed by atoms with Crippen molar-refractivity contribution in [1.29, 1.82) is 0 Å². The van der Waals surface area contributed by atoms with Crippen LogP contribution < -0.4 is 4.74 Å². The molecule has 0 aliphatic rings. The van der Waals surface area contributed by atoms with Crippen LogP contribution in [-0.4, -0.2) is 21.0 Å². The number of rotatable bonds is 3. The number of benzene rings is 3. The van der Waals surface area contributed by atoms with Gasteiger partial charge in [-0.1, -0.05) is 30.3 Å². The average Bonchev–Trinajstić information content (AvgIpc) is 3.07. The summed E-state index contributed by atoms with van der Waals surface area (Å²) >= 11 is 0. The Morgan fingerprint density at radius 3 is 2.31 bits per heavy atom. The number of esters is 1. The van der Waals surface area contributed by atoms with Crippen LogP contribution in [0.1, 0.15) is 15.9 Å². The van der Waals surface area contributed by atoms with Crippen molar-refractivity contribution in [2.75, 3.05) is 0 Å². The van der Waals surface area contributed by atoms with E-state index in [0.717, 1.165) is 16.6 Å². The molecule has 0 saturated heterocycles. The molecule has 5 nitrogen and oxygen atoms in total. The fourth-order valence-electron chi connectivity index (χ4n) is 2.62. The van der Waals surface area contributed by atoms with E-state index in [-0.39, 0.29) is 11.3 Å². The first kappa shape index (κ1) is 16.0. The van der Waals surface area contributed by atoms with Crippen LogP contribution in [0.4, 0.5) is 4.39 Å². The van der Waals surface area contributed by atoms with Crippen molar-refractivity contribution in [1.82, 2.24) is 15.0 Å². The van der Waals surface area contributed by atoms with Gasteiger partial charge in [0.25, 0.3) is 0 Å². The molecule has 0 bridgehead atoms. The van der Waals surface area contributed by atoms with Crippen molar-refractivity contribution in [2.45, 2.75) is 6.92 Å². The summed E-state index contributed by atoms with van der Waals surface area (Å²) in [5.74, 6) is -1.15. The van der Waals surface area contributed by atoms with Crippen molar-refractivity contribution in [3.05, 3.63) is 83.7 Å². The summed E-state index contributed by atoms with van der Waals surface area (Å²) in [6.45, 7) is 1.91. The van der Waals surface area contributed by atoms with Gasteiger partial charge in [0.15, 0.2) is 5.75 Å². The number of aromatic nitrogens is 3. The maximum Gasteiger partial charge on any atom is 0.346 e. The zero-order valence-corrected chi connectivity index (χ0v) is 13.9. The molecule has 0 fully saturated rings. The predicted octanol–water partition coefficient (Wildman–Crippen LogP) is 4.09. The average molecular weight is 347 g/mol. The lowest BCUT2D eigenvalue weighted by Gasteiger charge is -2.10. The second-order valence-corrected chi connectivity index (χ2v) is 5.82. The van der Waals surface area contributed by atoms with Gasteiger partial charge in [-0.3, -0.25) is 0 Å². The van der Waals surface area contributed by atoms with Gasteiger partial charge in [-0.05, 0) is 48.9 Å². The lowest BCUT2D eigenvalue weighted by atomic mass is 10.2. The van der Waals surface area contributed by atoms with E-state index in [0.29, 0.717) is 5.69 Å². The maximum absolute atomic E-state index is 13.8. The molecule has 4 rings (SSSR count). The topological polar surface area (TPSA) is 57.0 Å². The highest BCUT2D eigenvalue weighted by molar-refractivity contribution is 5.91. The fraction of sp³-hybridized carbons (Fsp3) is 0.0500. The van der Waals surface area contributed by atoms with E-state index in [9.17, 15) is 9.18 Å². The van der Waals surface area contributed by atoms with Crippen molar-refractivity contribution in [3.8, 4) is 11.4 Å². The Morgan fingerprint density at radius 2 is 1.62 bits per heavy atom. The minimum atomic E-state index is -0.773. The number of carbonyl (C=O) groups excluding carboxylic acids is 1. The van der Waals surface area contributed by atoms with Crippen LogP contribution in [0.15, 0.2) is 66.7 Å². The number of hydrogen-bond donors (Lipinski definition) is 0. The number of nitrogens with zero attached hydrogens (tertiary/aromatic N) is 3. The molecule has 26 heavy (non-hydrogen) atoms. The van der Waals surface area contributed by atoms with Gasteiger partial charge in [-0.2, -0.15) is 0 Å². The van der Waals surface area contributed by atoms with E-state index in [1.165, 1.54) is 23.0 Å². The first-order chi connectivity index (χ1) is 12.6. The van der Waals surface area contributed by atoms with Crippen LogP contribution in [0, 0.1) is 12.7 Å². The van der Waals surface area contributed by atoms with Gasteiger partial charge in [0.05, 0.1) is 5.56 Å². The SMILES string of the molecule is Cc1ccc(OC(=O)c2ccccc2F)c(-n2nc3ccccc3n2)c1. The van der Waals surface area contributed by atoms with Gasteiger partial charge < -0.3 is 4.74 Å². The second kappa shape index (κ2) is 6.40. The molecule has 128 valence electrons. The van der Waals surface area contributed by atoms with Gasteiger partial charge >= 0.3 is 5.97 Å². The highest BCUT2D eigenvalue weighted by Crippen LogP contribution is 2.25. The molecule has 1 heterocycles. The van der Waals surface area contributed by atoms with Gasteiger partial charge in [-0.15, -0.1) is 15.0 Å². The standard InChI is InChI=1S/C20H14FN3O2/c1-13-10-11-19(26-20(25)14-6-2-3-7-15(14)21)18(12-13)24-22-16-8-4-5-9-17(16)23-24/h2-12H,1H3. The van der Waals surface area contributed by atoms with Crippen molar-refractivity contribution in [2.24, 2.45) is 0 Å². The number of carbonyl (C=O) groups is 1. The van der Waals surface area contributed by atoms with E-state index < -0.39 is 11.8 Å². The smallest absolute Gasteiger partial charge is 0.346 e. The molecule has 1 aromatic heterocycles. The van der Waals surface area contributed by atoms with Crippen molar-refractivity contribution >= 4 is 17.0 Å². The zero-order valence-electron chi connectivity index (χ0n) is 13.9. The molecule has 0 radical (unpaired) electrons. The summed E-state index contributed by atoms with van der Waals surface area (Å²) in [6.07, 6.45) is 0. The molecular formula is C20H14FN3O2. The Hall–Kier alpha value is -3.54. The monoisotopic (exact) mass is 347 g/mol. The first-order valence-corrected chi connectivity index (χ1v) is 8.01. The molecule has 0 spiro atoms. The zero-order chi connectivity index (χ0) is 18.1. The summed E-state index contributed by atoms with van der Waals surface area (Å²) in [5, 5.41) is 8.84. The Labute approximate surface area is 148 Å². The molecule has 3 aromatic carbocycles. The lowest BCUT2D eigenvalue weighted by Crippen LogP contribution is -2.13. The Balaban J connectivity index is 1.75. The normalized spacial score (nSPS) is 10.8. The summed E-state index contributed by atoms with van der Waals surface area (Å²) < 4.78 is 19.3. The van der Waals surface area contributed by atoms with E-state index in [1.54, 1.807) is 18.2 Å². The van der Waals surface area contributed by atoms with E-state index in [2.05, 4.69) is 10.2 Å². The molecule has 0 unspecified atom stereocenters. The molecule has 6 heteroatoms. The molecule has 0 amide bonds. The van der Waals surface area contributed by atoms with E-state index in [4.69, 9.17) is 4.74 Å². The number of aryl methyl sites for hydroxylation is 1. The van der Waals surface area contributed by atoms with Gasteiger partial charge in [0.2, 0.25) is 0 Å². The van der Waals surface area contributed by atoms with E-state index >= 15 is 0 Å². The molecule has 0 aliphatic heterocycles. The Kier molecular flexibility index (Phi) is 3.93. The molecular weight excluding hydrogens is 333 g/mol. The largest absolute Gasteiger partial charge is 0.420 e. The summed E-state index contributed by atoms with van der Waals surface area (Å²) in [6, 6.07) is 18.4. The number of halogens is 1. The van der Waals surface area contributed by atoms with Crippen LogP contribution in [0.3, 0.4) is 0 Å². The Morgan fingerprint density at radius 1 is 0.962 bits per heavy atom. The van der Waals surface area contributed by atoms with Gasteiger partial charge in [-0.25, -0.2) is 9.18 Å². The Bertz CT molecular complexity index is 1090. The van der Waals surface area contributed by atoms with Crippen molar-refractivity contribution in [3.63, 3.8) is 0 Å². The molecule has 0 saturated carbocycles. The summed E-state index contributed by atoms with van der Waals surface area (Å²) in [4.78, 5) is 13.8. The maximum atomic E-state index is 13.8. The van der Waals surface area contributed by atoms with Crippen LogP contribution in [-0.2, 0) is 0 Å². The van der Waals surface area contributed by atoms with Crippen LogP contribution in [0.25, 0.3) is 16.7 Å². The highest BCUT2D eigenvalue weighted by Gasteiger charge is 2.17. The predicted molar refractivity (Wildman–Crippen MR) is 95.0 cm³/mol. The van der Waals surface area contributed by atoms with E-state index in [1.807, 2.05) is 37.3 Å². The van der Waals surface area contributed by atoms with Gasteiger partial charge in [0.1, 0.15) is 22.5 Å². The molecule has 4 aromatic rings.